The zero-order valence-corrected chi connectivity index (χ0v) is 7.79. The fraction of sp³-hybridized carbons (Fsp3) is 1.00. The highest BCUT2D eigenvalue weighted by molar-refractivity contribution is 4.97. The third-order valence-electron chi connectivity index (χ3n) is 3.09. The Labute approximate surface area is 78.2 Å². The van der Waals surface area contributed by atoms with Gasteiger partial charge in [0.2, 0.25) is 0 Å². The van der Waals surface area contributed by atoms with E-state index in [1.54, 1.807) is 0 Å². The normalized spacial score (nSPS) is 33.5. The van der Waals surface area contributed by atoms with Gasteiger partial charge in [-0.25, -0.2) is 0 Å². The highest BCUT2D eigenvalue weighted by Gasteiger charge is 2.43. The highest BCUT2D eigenvalue weighted by atomic mass is 16.5. The van der Waals surface area contributed by atoms with Gasteiger partial charge in [0.1, 0.15) is 0 Å². The Morgan fingerprint density at radius 3 is 2.62 bits per heavy atom. The number of ether oxygens (including phenoxy) is 2. The smallest absolute Gasteiger partial charge is 0.0700 e. The molecule has 2 fully saturated rings. The quantitative estimate of drug-likeness (QED) is 0.574. The lowest BCUT2D eigenvalue weighted by Crippen LogP contribution is -2.45. The van der Waals surface area contributed by atoms with E-state index in [1.165, 1.54) is 0 Å². The topological polar surface area (TPSA) is 50.7 Å². The summed E-state index contributed by atoms with van der Waals surface area (Å²) in [6.45, 7) is 3.92. The van der Waals surface area contributed by atoms with E-state index in [1.807, 2.05) is 0 Å². The minimum Gasteiger partial charge on any atom is -0.395 e. The molecule has 0 bridgehead atoms. The largest absolute Gasteiger partial charge is 0.395 e. The lowest BCUT2D eigenvalue weighted by Gasteiger charge is -2.31. The fourth-order valence-electron chi connectivity index (χ4n) is 2.20. The molecule has 2 aliphatic heterocycles. The molecule has 0 saturated carbocycles. The molecule has 2 saturated heterocycles. The summed E-state index contributed by atoms with van der Waals surface area (Å²) >= 11 is 0. The standard InChI is InChI=1S/C9H17NO3/c11-5-8-9(1-2-10-8)6-12-3-4-13-7-9/h8,10-11H,1-7H2. The Bertz CT molecular complexity index is 166. The van der Waals surface area contributed by atoms with Crippen LogP contribution in [0.15, 0.2) is 0 Å². The van der Waals surface area contributed by atoms with Crippen molar-refractivity contribution in [1.29, 1.82) is 0 Å². The van der Waals surface area contributed by atoms with Crippen LogP contribution in [-0.2, 0) is 9.47 Å². The first kappa shape index (κ1) is 9.40. The number of rotatable bonds is 1. The van der Waals surface area contributed by atoms with Gasteiger partial charge in [0, 0.05) is 11.5 Å². The second kappa shape index (κ2) is 3.92. The molecule has 13 heavy (non-hydrogen) atoms. The van der Waals surface area contributed by atoms with E-state index < -0.39 is 0 Å². The number of hydrogen-bond donors (Lipinski definition) is 2. The monoisotopic (exact) mass is 187 g/mol. The summed E-state index contributed by atoms with van der Waals surface area (Å²) in [6.07, 6.45) is 1.04. The van der Waals surface area contributed by atoms with Crippen LogP contribution < -0.4 is 5.32 Å². The molecule has 4 nitrogen and oxygen atoms in total. The van der Waals surface area contributed by atoms with Gasteiger partial charge in [0.25, 0.3) is 0 Å². The van der Waals surface area contributed by atoms with Crippen LogP contribution in [0.3, 0.4) is 0 Å². The number of aliphatic hydroxyl groups excluding tert-OH is 1. The average molecular weight is 187 g/mol. The molecule has 2 N–H and O–H groups in total. The predicted octanol–water partition coefficient (Wildman–Crippen LogP) is -0.626. The summed E-state index contributed by atoms with van der Waals surface area (Å²) in [6, 6.07) is 0.144. The predicted molar refractivity (Wildman–Crippen MR) is 47.6 cm³/mol. The van der Waals surface area contributed by atoms with Gasteiger partial charge in [-0.3, -0.25) is 0 Å². The van der Waals surface area contributed by atoms with E-state index in [0.29, 0.717) is 26.4 Å². The van der Waals surface area contributed by atoms with Crippen LogP contribution in [-0.4, -0.2) is 50.7 Å². The second-order valence-corrected chi connectivity index (χ2v) is 3.91. The van der Waals surface area contributed by atoms with Gasteiger partial charge in [-0.15, -0.1) is 0 Å². The Kier molecular flexibility index (Phi) is 2.83. The first-order valence-corrected chi connectivity index (χ1v) is 4.87. The van der Waals surface area contributed by atoms with Crippen molar-refractivity contribution in [2.45, 2.75) is 12.5 Å². The van der Waals surface area contributed by atoms with Gasteiger partial charge in [-0.1, -0.05) is 0 Å². The van der Waals surface area contributed by atoms with Crippen molar-refractivity contribution < 1.29 is 14.6 Å². The van der Waals surface area contributed by atoms with Crippen LogP contribution in [0.1, 0.15) is 6.42 Å². The Hall–Kier alpha value is -0.160. The summed E-state index contributed by atoms with van der Waals surface area (Å²) in [5, 5.41) is 12.5. The van der Waals surface area contributed by atoms with Crippen LogP contribution in [0.25, 0.3) is 0 Å². The molecule has 1 unspecified atom stereocenters. The number of hydrogen-bond acceptors (Lipinski definition) is 4. The van der Waals surface area contributed by atoms with Crippen molar-refractivity contribution in [2.75, 3.05) is 39.6 Å². The SMILES string of the molecule is OCC1NCCC12COCCOC2. The van der Waals surface area contributed by atoms with Gasteiger partial charge in [0.05, 0.1) is 33.0 Å². The molecule has 0 amide bonds. The minimum absolute atomic E-state index is 0.0191. The van der Waals surface area contributed by atoms with Crippen molar-refractivity contribution in [1.82, 2.24) is 5.32 Å². The maximum Gasteiger partial charge on any atom is 0.0700 e. The van der Waals surface area contributed by atoms with Gasteiger partial charge in [0.15, 0.2) is 0 Å². The molecule has 0 aromatic heterocycles. The third kappa shape index (κ3) is 1.72. The fourth-order valence-corrected chi connectivity index (χ4v) is 2.20. The van der Waals surface area contributed by atoms with Gasteiger partial charge >= 0.3 is 0 Å². The Morgan fingerprint density at radius 1 is 1.31 bits per heavy atom. The molecule has 2 heterocycles. The zero-order chi connectivity index (χ0) is 9.15. The number of nitrogens with one attached hydrogen (secondary N) is 1. The van der Waals surface area contributed by atoms with Crippen molar-refractivity contribution in [2.24, 2.45) is 5.41 Å². The van der Waals surface area contributed by atoms with Crippen LogP contribution >= 0.6 is 0 Å². The molecular formula is C9H17NO3. The van der Waals surface area contributed by atoms with Crippen LogP contribution in [0.2, 0.25) is 0 Å². The molecule has 0 aromatic rings. The summed E-state index contributed by atoms with van der Waals surface area (Å²) < 4.78 is 11.0. The van der Waals surface area contributed by atoms with Gasteiger partial charge in [-0.2, -0.15) is 0 Å². The van der Waals surface area contributed by atoms with E-state index in [-0.39, 0.29) is 18.1 Å². The van der Waals surface area contributed by atoms with E-state index in [2.05, 4.69) is 5.32 Å². The van der Waals surface area contributed by atoms with E-state index >= 15 is 0 Å². The van der Waals surface area contributed by atoms with Crippen molar-refractivity contribution in [3.05, 3.63) is 0 Å². The van der Waals surface area contributed by atoms with Crippen LogP contribution in [0, 0.1) is 5.41 Å². The maximum atomic E-state index is 9.20. The minimum atomic E-state index is 0.0191. The zero-order valence-electron chi connectivity index (χ0n) is 7.79. The van der Waals surface area contributed by atoms with Gasteiger partial charge < -0.3 is 19.9 Å². The lowest BCUT2D eigenvalue weighted by molar-refractivity contribution is 0.0245. The maximum absolute atomic E-state index is 9.20. The summed E-state index contributed by atoms with van der Waals surface area (Å²) in [7, 11) is 0. The lowest BCUT2D eigenvalue weighted by atomic mass is 9.82. The highest BCUT2D eigenvalue weighted by Crippen LogP contribution is 2.33. The summed E-state index contributed by atoms with van der Waals surface area (Å²) in [5.41, 5.74) is 0.0191. The summed E-state index contributed by atoms with van der Waals surface area (Å²) in [5.74, 6) is 0. The van der Waals surface area contributed by atoms with Crippen LogP contribution in [0.5, 0.6) is 0 Å². The molecule has 2 rings (SSSR count). The third-order valence-corrected chi connectivity index (χ3v) is 3.09. The number of aliphatic hydroxyl groups is 1. The first-order valence-electron chi connectivity index (χ1n) is 4.87. The van der Waals surface area contributed by atoms with Gasteiger partial charge in [-0.05, 0) is 13.0 Å². The molecule has 1 atom stereocenters. The average Bonchev–Trinajstić information content (AvgIpc) is 2.37. The molecule has 0 radical (unpaired) electrons. The molecule has 2 aliphatic rings. The van der Waals surface area contributed by atoms with Crippen molar-refractivity contribution in [3.8, 4) is 0 Å². The molecule has 76 valence electrons. The Morgan fingerprint density at radius 2 is 2.00 bits per heavy atom. The Balaban J connectivity index is 2.06. The first-order chi connectivity index (χ1) is 6.37. The molecular weight excluding hydrogens is 170 g/mol. The van der Waals surface area contributed by atoms with Crippen LogP contribution in [0.4, 0.5) is 0 Å². The molecule has 0 aliphatic carbocycles. The van der Waals surface area contributed by atoms with Crippen molar-refractivity contribution >= 4 is 0 Å². The van der Waals surface area contributed by atoms with E-state index in [0.717, 1.165) is 13.0 Å². The second-order valence-electron chi connectivity index (χ2n) is 3.91. The molecule has 4 heteroatoms. The summed E-state index contributed by atoms with van der Waals surface area (Å²) in [4.78, 5) is 0. The van der Waals surface area contributed by atoms with Crippen molar-refractivity contribution in [3.63, 3.8) is 0 Å². The molecule has 0 aromatic carbocycles. The van der Waals surface area contributed by atoms with E-state index in [4.69, 9.17) is 9.47 Å². The van der Waals surface area contributed by atoms with E-state index in [9.17, 15) is 5.11 Å². The molecule has 1 spiro atoms.